The normalized spacial score (nSPS) is 17.9. The van der Waals surface area contributed by atoms with Crippen LogP contribution in [0.1, 0.15) is 64.1 Å². The molecule has 0 atom stereocenters. The zero-order chi connectivity index (χ0) is 15.3. The Morgan fingerprint density at radius 3 is 2.67 bits per heavy atom. The first-order chi connectivity index (χ1) is 10.0. The van der Waals surface area contributed by atoms with Gasteiger partial charge in [-0.2, -0.15) is 4.98 Å². The molecule has 1 aromatic rings. The quantitative estimate of drug-likeness (QED) is 0.812. The molecule has 118 valence electrons. The Kier molecular flexibility index (Phi) is 5.33. The topological polar surface area (TPSA) is 77.2 Å². The van der Waals surface area contributed by atoms with Gasteiger partial charge in [0.05, 0.1) is 18.1 Å². The molecule has 1 aliphatic carbocycles. The molecule has 0 aliphatic heterocycles. The van der Waals surface area contributed by atoms with E-state index >= 15 is 0 Å². The number of esters is 1. The predicted molar refractivity (Wildman–Crippen MR) is 77.6 cm³/mol. The number of aromatic nitrogens is 2. The zero-order valence-electron chi connectivity index (χ0n) is 13.1. The lowest BCUT2D eigenvalue weighted by atomic mass is 9.81. The summed E-state index contributed by atoms with van der Waals surface area (Å²) >= 11 is 0. The van der Waals surface area contributed by atoms with E-state index in [0.717, 1.165) is 31.5 Å². The number of carbonyl (C=O) groups excluding carboxylic acids is 1. The molecule has 1 heterocycles. The van der Waals surface area contributed by atoms with Crippen molar-refractivity contribution in [1.82, 2.24) is 15.5 Å². The van der Waals surface area contributed by atoms with Gasteiger partial charge in [0.1, 0.15) is 0 Å². The minimum absolute atomic E-state index is 0.0685. The molecule has 6 heteroatoms. The highest BCUT2D eigenvalue weighted by atomic mass is 16.5. The molecule has 0 unspecified atom stereocenters. The van der Waals surface area contributed by atoms with Crippen LogP contribution in [0.15, 0.2) is 4.52 Å². The van der Waals surface area contributed by atoms with Gasteiger partial charge in [0.25, 0.3) is 0 Å². The fourth-order valence-electron chi connectivity index (χ4n) is 2.85. The molecule has 0 aromatic carbocycles. The summed E-state index contributed by atoms with van der Waals surface area (Å²) in [5.74, 6) is 1.13. The molecule has 21 heavy (non-hydrogen) atoms. The molecule has 1 saturated carbocycles. The Hall–Kier alpha value is -1.43. The lowest BCUT2D eigenvalue weighted by Crippen LogP contribution is -2.45. The summed E-state index contributed by atoms with van der Waals surface area (Å²) in [4.78, 5) is 16.0. The van der Waals surface area contributed by atoms with Gasteiger partial charge in [0, 0.05) is 13.5 Å². The summed E-state index contributed by atoms with van der Waals surface area (Å²) in [6.07, 6.45) is 5.75. The molecule has 0 bridgehead atoms. The molecule has 0 radical (unpaired) electrons. The van der Waals surface area contributed by atoms with Crippen molar-refractivity contribution in [3.05, 3.63) is 11.7 Å². The maximum Gasteiger partial charge on any atom is 0.307 e. The highest BCUT2D eigenvalue weighted by molar-refractivity contribution is 5.69. The third-order valence-electron chi connectivity index (χ3n) is 3.82. The van der Waals surface area contributed by atoms with Crippen molar-refractivity contribution < 1.29 is 14.1 Å². The van der Waals surface area contributed by atoms with Crippen LogP contribution in [0.25, 0.3) is 0 Å². The van der Waals surface area contributed by atoms with Crippen LogP contribution >= 0.6 is 0 Å². The minimum Gasteiger partial charge on any atom is -0.463 e. The lowest BCUT2D eigenvalue weighted by Gasteiger charge is -2.35. The van der Waals surface area contributed by atoms with E-state index in [1.165, 1.54) is 6.42 Å². The van der Waals surface area contributed by atoms with Gasteiger partial charge in [-0.15, -0.1) is 0 Å². The van der Waals surface area contributed by atoms with Crippen LogP contribution in [0.4, 0.5) is 0 Å². The van der Waals surface area contributed by atoms with Crippen LogP contribution in [0.3, 0.4) is 0 Å². The summed E-state index contributed by atoms with van der Waals surface area (Å²) in [6.45, 7) is 6.08. The first-order valence-electron chi connectivity index (χ1n) is 7.77. The lowest BCUT2D eigenvalue weighted by molar-refractivity contribution is -0.147. The molecule has 0 amide bonds. The van der Waals surface area contributed by atoms with E-state index in [1.807, 2.05) is 13.8 Å². The van der Waals surface area contributed by atoms with E-state index in [1.54, 1.807) is 6.92 Å². The van der Waals surface area contributed by atoms with Crippen molar-refractivity contribution in [1.29, 1.82) is 0 Å². The van der Waals surface area contributed by atoms with Gasteiger partial charge in [-0.05, 0) is 26.7 Å². The molecule has 0 spiro atoms. The molecule has 0 saturated heterocycles. The maximum atomic E-state index is 11.6. The average molecular weight is 295 g/mol. The smallest absolute Gasteiger partial charge is 0.307 e. The zero-order valence-corrected chi connectivity index (χ0v) is 13.1. The van der Waals surface area contributed by atoms with Crippen LogP contribution in [-0.2, 0) is 15.1 Å². The van der Waals surface area contributed by atoms with E-state index in [2.05, 4.69) is 15.5 Å². The summed E-state index contributed by atoms with van der Waals surface area (Å²) < 4.78 is 10.3. The predicted octanol–water partition coefficient (Wildman–Crippen LogP) is 2.47. The third-order valence-corrected chi connectivity index (χ3v) is 3.82. The Bertz CT molecular complexity index is 464. The van der Waals surface area contributed by atoms with E-state index in [-0.39, 0.29) is 17.6 Å². The van der Waals surface area contributed by atoms with Gasteiger partial charge in [0.2, 0.25) is 5.89 Å². The number of carbonyl (C=O) groups is 1. The first-order valence-corrected chi connectivity index (χ1v) is 7.77. The molecule has 1 N–H and O–H groups in total. The number of rotatable bonds is 6. The van der Waals surface area contributed by atoms with Crippen LogP contribution in [0.2, 0.25) is 0 Å². The summed E-state index contributed by atoms with van der Waals surface area (Å²) in [5.41, 5.74) is -0.256. The number of aryl methyl sites for hydroxylation is 1. The van der Waals surface area contributed by atoms with Gasteiger partial charge in [0.15, 0.2) is 5.82 Å². The monoisotopic (exact) mass is 295 g/mol. The summed E-state index contributed by atoms with van der Waals surface area (Å²) in [5, 5.41) is 7.58. The summed E-state index contributed by atoms with van der Waals surface area (Å²) in [6, 6.07) is 0. The largest absolute Gasteiger partial charge is 0.463 e. The van der Waals surface area contributed by atoms with E-state index in [0.29, 0.717) is 18.9 Å². The highest BCUT2D eigenvalue weighted by Crippen LogP contribution is 2.35. The number of hydrogen-bond donors (Lipinski definition) is 1. The average Bonchev–Trinajstić information content (AvgIpc) is 2.86. The number of ether oxygens (including phenoxy) is 1. The van der Waals surface area contributed by atoms with Gasteiger partial charge >= 0.3 is 5.97 Å². The van der Waals surface area contributed by atoms with Gasteiger partial charge in [-0.1, -0.05) is 24.4 Å². The number of hydrogen-bond acceptors (Lipinski definition) is 6. The Balaban J connectivity index is 1.96. The SMILES string of the molecule is Cc1nc(C2(NCCC(=O)OC(C)C)CCCCC2)no1. The van der Waals surface area contributed by atoms with Crippen LogP contribution in [-0.4, -0.2) is 28.8 Å². The van der Waals surface area contributed by atoms with Gasteiger partial charge < -0.3 is 14.6 Å². The number of nitrogens with one attached hydrogen (secondary N) is 1. The second kappa shape index (κ2) is 7.02. The highest BCUT2D eigenvalue weighted by Gasteiger charge is 2.37. The minimum atomic E-state index is -0.256. The second-order valence-electron chi connectivity index (χ2n) is 6.00. The van der Waals surface area contributed by atoms with Gasteiger partial charge in [-0.25, -0.2) is 0 Å². The number of nitrogens with zero attached hydrogens (tertiary/aromatic N) is 2. The van der Waals surface area contributed by atoms with Crippen molar-refractivity contribution >= 4 is 5.97 Å². The summed E-state index contributed by atoms with van der Waals surface area (Å²) in [7, 11) is 0. The molecule has 1 aliphatic rings. The van der Waals surface area contributed by atoms with Gasteiger partial charge in [-0.3, -0.25) is 4.79 Å². The third kappa shape index (κ3) is 4.27. The van der Waals surface area contributed by atoms with E-state index in [4.69, 9.17) is 9.26 Å². The standard InChI is InChI=1S/C15H25N3O3/c1-11(2)20-13(19)7-10-16-15(8-5-4-6-9-15)14-17-12(3)21-18-14/h11,16H,4-10H2,1-3H3. The van der Waals surface area contributed by atoms with Crippen LogP contribution in [0.5, 0.6) is 0 Å². The van der Waals surface area contributed by atoms with E-state index < -0.39 is 0 Å². The molecular formula is C15H25N3O3. The van der Waals surface area contributed by atoms with Crippen molar-refractivity contribution in [3.8, 4) is 0 Å². The van der Waals surface area contributed by atoms with Crippen molar-refractivity contribution in [2.45, 2.75) is 70.9 Å². The Morgan fingerprint density at radius 1 is 1.38 bits per heavy atom. The Morgan fingerprint density at radius 2 is 2.10 bits per heavy atom. The fourth-order valence-corrected chi connectivity index (χ4v) is 2.85. The van der Waals surface area contributed by atoms with Crippen molar-refractivity contribution in [2.75, 3.05) is 6.54 Å². The molecular weight excluding hydrogens is 270 g/mol. The molecule has 6 nitrogen and oxygen atoms in total. The van der Waals surface area contributed by atoms with Crippen LogP contribution in [0, 0.1) is 6.92 Å². The first kappa shape index (κ1) is 15.9. The molecule has 2 rings (SSSR count). The van der Waals surface area contributed by atoms with Crippen molar-refractivity contribution in [3.63, 3.8) is 0 Å². The van der Waals surface area contributed by atoms with E-state index in [9.17, 15) is 4.79 Å². The van der Waals surface area contributed by atoms with Crippen LogP contribution < -0.4 is 5.32 Å². The van der Waals surface area contributed by atoms with Crippen molar-refractivity contribution in [2.24, 2.45) is 0 Å². The molecule has 1 aromatic heterocycles. The Labute approximate surface area is 125 Å². The molecule has 1 fully saturated rings. The second-order valence-corrected chi connectivity index (χ2v) is 6.00. The fraction of sp³-hybridized carbons (Fsp3) is 0.800. The maximum absolute atomic E-state index is 11.6.